The average Bonchev–Trinajstić information content (AvgIpc) is 3.64. The first-order valence-corrected chi connectivity index (χ1v) is 16.5. The monoisotopic (exact) mass is 657 g/mol. The van der Waals surface area contributed by atoms with Crippen molar-refractivity contribution in [2.75, 3.05) is 43.4 Å². The summed E-state index contributed by atoms with van der Waals surface area (Å²) in [5.41, 5.74) is -0.642. The van der Waals surface area contributed by atoms with E-state index in [1.54, 1.807) is 16.5 Å². The van der Waals surface area contributed by atoms with Crippen molar-refractivity contribution in [3.8, 4) is 11.1 Å². The zero-order chi connectivity index (χ0) is 32.7. The highest BCUT2D eigenvalue weighted by Crippen LogP contribution is 2.51. The van der Waals surface area contributed by atoms with Gasteiger partial charge in [-0.05, 0) is 58.0 Å². The molecule has 0 saturated carbocycles. The Morgan fingerprint density at radius 1 is 1.07 bits per heavy atom. The number of likely N-dealkylation sites (tertiary alicyclic amines) is 1. The standard InChI is InChI=1S/C32H35F4N7O2S/c1-17-13-41(14-18(2)42(17)19(3)44)30-22-11-24(32(34,35)36)26(21-7-8-25(33)23-12-37-39(4)27(21)23)29-28(22)43(31(45)38-30)20(16-46-29)15-40-9-5-6-10-40/h7-8,11-12,17-18,20H,5-6,9-10,13-16H2,1-4H3/t17-,18+,20?. The van der Waals surface area contributed by atoms with Crippen LogP contribution in [-0.2, 0) is 18.0 Å². The average molecular weight is 658 g/mol. The molecule has 1 amide bonds. The number of hydrogen-bond acceptors (Lipinski definition) is 7. The van der Waals surface area contributed by atoms with E-state index in [1.807, 2.05) is 18.7 Å². The van der Waals surface area contributed by atoms with Gasteiger partial charge in [0.1, 0.15) is 11.6 Å². The van der Waals surface area contributed by atoms with Gasteiger partial charge >= 0.3 is 11.9 Å². The molecule has 2 aromatic carbocycles. The number of nitrogens with zero attached hydrogens (tertiary/aromatic N) is 7. The van der Waals surface area contributed by atoms with Gasteiger partial charge in [0.15, 0.2) is 0 Å². The lowest BCUT2D eigenvalue weighted by molar-refractivity contribution is -0.137. The van der Waals surface area contributed by atoms with E-state index in [1.165, 1.54) is 41.7 Å². The SMILES string of the molecule is CC(=O)N1[C@H](C)CN(c2nc(=O)n3c4c(c(-c5ccc(F)c6cnn(C)c56)c(C(F)(F)F)cc24)SCC3CN2CCCC2)C[C@@H]1C. The van der Waals surface area contributed by atoms with Gasteiger partial charge in [-0.25, -0.2) is 9.18 Å². The third kappa shape index (κ3) is 4.95. The summed E-state index contributed by atoms with van der Waals surface area (Å²) >= 11 is 1.31. The number of anilines is 1. The number of aromatic nitrogens is 4. The van der Waals surface area contributed by atoms with Crippen LogP contribution in [0.1, 0.15) is 45.2 Å². The Morgan fingerprint density at radius 2 is 1.76 bits per heavy atom. The number of rotatable bonds is 4. The fourth-order valence-electron chi connectivity index (χ4n) is 7.80. The van der Waals surface area contributed by atoms with Crippen LogP contribution in [0.15, 0.2) is 34.1 Å². The molecule has 0 N–H and O–H groups in total. The molecule has 244 valence electrons. The van der Waals surface area contributed by atoms with Crippen LogP contribution < -0.4 is 10.6 Å². The molecule has 14 heteroatoms. The van der Waals surface area contributed by atoms with Crippen molar-refractivity contribution in [2.24, 2.45) is 7.05 Å². The summed E-state index contributed by atoms with van der Waals surface area (Å²) in [5, 5.41) is 4.52. The largest absolute Gasteiger partial charge is 0.417 e. The highest BCUT2D eigenvalue weighted by atomic mass is 32.2. The van der Waals surface area contributed by atoms with Gasteiger partial charge in [-0.15, -0.1) is 11.8 Å². The lowest BCUT2D eigenvalue weighted by atomic mass is 9.94. The van der Waals surface area contributed by atoms with Crippen LogP contribution in [0.5, 0.6) is 0 Å². The van der Waals surface area contributed by atoms with Crippen molar-refractivity contribution in [1.29, 1.82) is 0 Å². The minimum Gasteiger partial charge on any atom is -0.352 e. The van der Waals surface area contributed by atoms with Crippen molar-refractivity contribution in [3.05, 3.63) is 46.3 Å². The Kier molecular flexibility index (Phi) is 7.58. The van der Waals surface area contributed by atoms with Crippen LogP contribution in [0.4, 0.5) is 23.4 Å². The number of thioether (sulfide) groups is 1. The Balaban J connectivity index is 1.53. The quantitative estimate of drug-likeness (QED) is 0.276. The van der Waals surface area contributed by atoms with Gasteiger partial charge in [-0.3, -0.25) is 14.0 Å². The van der Waals surface area contributed by atoms with Crippen molar-refractivity contribution >= 4 is 45.3 Å². The summed E-state index contributed by atoms with van der Waals surface area (Å²) in [6.45, 7) is 8.29. The number of aryl methyl sites for hydroxylation is 1. The topological polar surface area (TPSA) is 79.5 Å². The minimum absolute atomic E-state index is 0.0875. The van der Waals surface area contributed by atoms with E-state index < -0.39 is 23.2 Å². The van der Waals surface area contributed by atoms with E-state index in [4.69, 9.17) is 0 Å². The second-order valence-corrected chi connectivity index (χ2v) is 13.8. The second kappa shape index (κ2) is 11.3. The number of alkyl halides is 3. The normalized spacial score (nSPS) is 22.4. The van der Waals surface area contributed by atoms with Gasteiger partial charge in [-0.2, -0.15) is 23.3 Å². The van der Waals surface area contributed by atoms with Crippen LogP contribution >= 0.6 is 11.8 Å². The predicted octanol–water partition coefficient (Wildman–Crippen LogP) is 5.30. The van der Waals surface area contributed by atoms with Gasteiger partial charge < -0.3 is 14.7 Å². The van der Waals surface area contributed by atoms with E-state index in [-0.39, 0.29) is 57.3 Å². The molecule has 2 aromatic heterocycles. The molecule has 1 unspecified atom stereocenters. The fourth-order valence-corrected chi connectivity index (χ4v) is 9.12. The van der Waals surface area contributed by atoms with E-state index >= 15 is 13.2 Å². The van der Waals surface area contributed by atoms with Crippen molar-refractivity contribution in [3.63, 3.8) is 0 Å². The molecule has 0 bridgehead atoms. The highest BCUT2D eigenvalue weighted by Gasteiger charge is 2.41. The molecule has 46 heavy (non-hydrogen) atoms. The molecular formula is C32H35F4N7O2S. The van der Waals surface area contributed by atoms with Gasteiger partial charge in [0.05, 0.1) is 34.2 Å². The minimum atomic E-state index is -4.78. The molecule has 7 rings (SSSR count). The zero-order valence-corrected chi connectivity index (χ0v) is 26.9. The second-order valence-electron chi connectivity index (χ2n) is 12.7. The third-order valence-electron chi connectivity index (χ3n) is 9.60. The Bertz CT molecular complexity index is 1920. The molecule has 2 saturated heterocycles. The summed E-state index contributed by atoms with van der Waals surface area (Å²) in [5.74, 6) is -0.0989. The van der Waals surface area contributed by atoms with Crippen LogP contribution in [0.2, 0.25) is 0 Å². The van der Waals surface area contributed by atoms with Gasteiger partial charge in [0, 0.05) is 72.9 Å². The summed E-state index contributed by atoms with van der Waals surface area (Å²) in [4.78, 5) is 37.1. The predicted molar refractivity (Wildman–Crippen MR) is 170 cm³/mol. The Morgan fingerprint density at radius 3 is 2.41 bits per heavy atom. The molecule has 9 nitrogen and oxygen atoms in total. The summed E-state index contributed by atoms with van der Waals surface area (Å²) in [7, 11) is 1.57. The molecule has 3 aliphatic heterocycles. The molecule has 3 atom stereocenters. The third-order valence-corrected chi connectivity index (χ3v) is 10.8. The molecular weight excluding hydrogens is 622 g/mol. The molecule has 0 aliphatic carbocycles. The maximum Gasteiger partial charge on any atom is 0.417 e. The lowest BCUT2D eigenvalue weighted by Crippen LogP contribution is -2.58. The van der Waals surface area contributed by atoms with Crippen LogP contribution in [0.3, 0.4) is 0 Å². The highest BCUT2D eigenvalue weighted by molar-refractivity contribution is 7.99. The van der Waals surface area contributed by atoms with Crippen molar-refractivity contribution < 1.29 is 22.4 Å². The maximum atomic E-state index is 15.2. The number of carbonyl (C=O) groups excluding carboxylic acids is 1. The first-order valence-electron chi connectivity index (χ1n) is 15.5. The Hall–Kier alpha value is -3.65. The lowest BCUT2D eigenvalue weighted by Gasteiger charge is -2.45. The summed E-state index contributed by atoms with van der Waals surface area (Å²) in [6.07, 6.45) is -1.34. The van der Waals surface area contributed by atoms with Crippen LogP contribution in [-0.4, -0.2) is 85.6 Å². The van der Waals surface area contributed by atoms with Crippen molar-refractivity contribution in [2.45, 2.75) is 62.8 Å². The molecule has 4 aromatic rings. The Labute approximate surface area is 267 Å². The molecule has 3 aliphatic rings. The van der Waals surface area contributed by atoms with Crippen LogP contribution in [0.25, 0.3) is 32.9 Å². The van der Waals surface area contributed by atoms with E-state index in [2.05, 4.69) is 15.0 Å². The maximum absolute atomic E-state index is 15.2. The van der Waals surface area contributed by atoms with Crippen molar-refractivity contribution in [1.82, 2.24) is 29.1 Å². The number of halogens is 4. The molecule has 0 spiro atoms. The first-order chi connectivity index (χ1) is 21.8. The smallest absolute Gasteiger partial charge is 0.352 e. The number of benzene rings is 2. The molecule has 2 fully saturated rings. The van der Waals surface area contributed by atoms with E-state index in [9.17, 15) is 14.0 Å². The van der Waals surface area contributed by atoms with E-state index in [0.29, 0.717) is 35.8 Å². The fraction of sp³-hybridized carbons (Fsp3) is 0.500. The number of fused-ring (bicyclic) bond motifs is 1. The van der Waals surface area contributed by atoms with Gasteiger partial charge in [0.2, 0.25) is 5.91 Å². The van der Waals surface area contributed by atoms with Gasteiger partial charge in [-0.1, -0.05) is 0 Å². The molecule has 5 heterocycles. The number of carbonyl (C=O) groups is 1. The summed E-state index contributed by atoms with van der Waals surface area (Å²) < 4.78 is 63.5. The number of piperazine rings is 1. The number of amides is 1. The van der Waals surface area contributed by atoms with Gasteiger partial charge in [0.25, 0.3) is 0 Å². The zero-order valence-electron chi connectivity index (χ0n) is 26.1. The molecule has 0 radical (unpaired) electrons. The first kappa shape index (κ1) is 31.0. The van der Waals surface area contributed by atoms with Crippen LogP contribution in [0, 0.1) is 5.82 Å². The summed E-state index contributed by atoms with van der Waals surface area (Å²) in [6, 6.07) is 2.87. The number of hydrogen-bond donors (Lipinski definition) is 0. The van der Waals surface area contributed by atoms with E-state index in [0.717, 1.165) is 32.0 Å².